The molecule has 0 spiro atoms. The van der Waals surface area contributed by atoms with Crippen LogP contribution in [0.25, 0.3) is 0 Å². The highest BCUT2D eigenvalue weighted by Gasteiger charge is 2.26. The number of aryl methyl sites for hydroxylation is 1. The number of piperazine rings is 1. The number of amides is 1. The van der Waals surface area contributed by atoms with Gasteiger partial charge in [0, 0.05) is 32.7 Å². The van der Waals surface area contributed by atoms with E-state index in [1.807, 2.05) is 50.2 Å². The molecule has 31 heavy (non-hydrogen) atoms. The molecule has 168 valence electrons. The molecule has 0 aliphatic carbocycles. The van der Waals surface area contributed by atoms with Crippen LogP contribution in [0.2, 0.25) is 0 Å². The number of methoxy groups -OCH3 is 2. The van der Waals surface area contributed by atoms with E-state index in [1.54, 1.807) is 14.2 Å². The lowest BCUT2D eigenvalue weighted by Gasteiger charge is -2.38. The Morgan fingerprint density at radius 2 is 1.61 bits per heavy atom. The molecule has 1 N–H and O–H groups in total. The highest BCUT2D eigenvalue weighted by Crippen LogP contribution is 2.31. The zero-order valence-corrected chi connectivity index (χ0v) is 19.4. The minimum Gasteiger partial charge on any atom is -0.493 e. The predicted molar refractivity (Wildman–Crippen MR) is 124 cm³/mol. The van der Waals surface area contributed by atoms with E-state index in [0.717, 1.165) is 49.8 Å². The van der Waals surface area contributed by atoms with E-state index >= 15 is 0 Å². The van der Waals surface area contributed by atoms with E-state index in [0.29, 0.717) is 0 Å². The number of nitrogens with zero attached hydrogens (tertiary/aromatic N) is 2. The second-order valence-electron chi connectivity index (χ2n) is 8.26. The van der Waals surface area contributed by atoms with Crippen molar-refractivity contribution in [3.8, 4) is 11.5 Å². The zero-order chi connectivity index (χ0) is 22.4. The van der Waals surface area contributed by atoms with Crippen LogP contribution < -0.4 is 14.8 Å². The van der Waals surface area contributed by atoms with Gasteiger partial charge in [0.05, 0.1) is 26.3 Å². The summed E-state index contributed by atoms with van der Waals surface area (Å²) in [5, 5.41) is 3.16. The number of carbonyl (C=O) groups is 1. The van der Waals surface area contributed by atoms with Gasteiger partial charge in [-0.3, -0.25) is 14.6 Å². The largest absolute Gasteiger partial charge is 0.493 e. The number of benzene rings is 2. The zero-order valence-electron chi connectivity index (χ0n) is 19.4. The summed E-state index contributed by atoms with van der Waals surface area (Å²) in [7, 11) is 3.33. The van der Waals surface area contributed by atoms with Gasteiger partial charge in [-0.2, -0.15) is 0 Å². The number of hydrogen-bond acceptors (Lipinski definition) is 5. The van der Waals surface area contributed by atoms with Gasteiger partial charge in [0.1, 0.15) is 0 Å². The molecule has 2 atom stereocenters. The maximum atomic E-state index is 12.8. The Labute approximate surface area is 186 Å². The van der Waals surface area contributed by atoms with Gasteiger partial charge in [0.25, 0.3) is 0 Å². The molecule has 1 saturated heterocycles. The van der Waals surface area contributed by atoms with E-state index in [9.17, 15) is 4.79 Å². The Bertz CT molecular complexity index is 864. The maximum Gasteiger partial charge on any atom is 0.237 e. The molecule has 1 aliphatic rings. The Morgan fingerprint density at radius 3 is 2.23 bits per heavy atom. The first-order chi connectivity index (χ1) is 14.9. The Kier molecular flexibility index (Phi) is 7.93. The molecule has 2 aromatic rings. The van der Waals surface area contributed by atoms with Crippen LogP contribution in [0.4, 0.5) is 0 Å². The van der Waals surface area contributed by atoms with E-state index in [2.05, 4.69) is 28.1 Å². The molecule has 0 bridgehead atoms. The molecule has 1 aliphatic heterocycles. The molecular weight excluding hydrogens is 390 g/mol. The first-order valence-electron chi connectivity index (χ1n) is 11.0. The summed E-state index contributed by atoms with van der Waals surface area (Å²) in [6.45, 7) is 10.6. The average Bonchev–Trinajstić information content (AvgIpc) is 2.80. The minimum absolute atomic E-state index is 0.00506. The molecule has 1 amide bonds. The van der Waals surface area contributed by atoms with Gasteiger partial charge >= 0.3 is 0 Å². The van der Waals surface area contributed by atoms with Crippen molar-refractivity contribution < 1.29 is 14.3 Å². The smallest absolute Gasteiger partial charge is 0.237 e. The normalized spacial score (nSPS) is 17.1. The van der Waals surface area contributed by atoms with Crippen molar-refractivity contribution in [3.63, 3.8) is 0 Å². The molecule has 0 radical (unpaired) electrons. The standard InChI is InChI=1S/C25H35N3O3/c1-18-15-23(30-4)24(31-5)16-22(18)17-27-11-13-28(14-12-27)20(3)25(29)26-19(2)21-9-7-6-8-10-21/h6-10,15-16,19-20H,11-14,17H2,1-5H3,(H,26,29)/t19-,20-/m1/s1. The van der Waals surface area contributed by atoms with Crippen LogP contribution in [-0.2, 0) is 11.3 Å². The van der Waals surface area contributed by atoms with E-state index in [-0.39, 0.29) is 18.0 Å². The lowest BCUT2D eigenvalue weighted by molar-refractivity contribution is -0.127. The summed E-state index contributed by atoms with van der Waals surface area (Å²) in [6.07, 6.45) is 0. The molecule has 0 saturated carbocycles. The van der Waals surface area contributed by atoms with E-state index in [4.69, 9.17) is 9.47 Å². The molecule has 0 unspecified atom stereocenters. The van der Waals surface area contributed by atoms with Crippen LogP contribution in [0, 0.1) is 6.92 Å². The lowest BCUT2D eigenvalue weighted by Crippen LogP contribution is -2.53. The van der Waals surface area contributed by atoms with Gasteiger partial charge in [0.15, 0.2) is 11.5 Å². The number of carbonyl (C=O) groups excluding carboxylic acids is 1. The minimum atomic E-state index is -0.142. The lowest BCUT2D eigenvalue weighted by atomic mass is 10.1. The Hall–Kier alpha value is -2.57. The predicted octanol–water partition coefficient (Wildman–Crippen LogP) is 3.40. The number of rotatable bonds is 8. The van der Waals surface area contributed by atoms with Crippen LogP contribution in [0.3, 0.4) is 0 Å². The van der Waals surface area contributed by atoms with Crippen LogP contribution in [-0.4, -0.2) is 62.1 Å². The third-order valence-electron chi connectivity index (χ3n) is 6.23. The van der Waals surface area contributed by atoms with Gasteiger partial charge in [-0.1, -0.05) is 30.3 Å². The fourth-order valence-electron chi connectivity index (χ4n) is 4.07. The third-order valence-corrected chi connectivity index (χ3v) is 6.23. The van der Waals surface area contributed by atoms with Crippen LogP contribution in [0.1, 0.15) is 36.6 Å². The Balaban J connectivity index is 1.53. The second kappa shape index (κ2) is 10.6. The summed E-state index contributed by atoms with van der Waals surface area (Å²) in [4.78, 5) is 17.5. The molecule has 6 heteroatoms. The summed E-state index contributed by atoms with van der Waals surface area (Å²) in [5.41, 5.74) is 3.56. The van der Waals surface area contributed by atoms with Crippen LogP contribution in [0.5, 0.6) is 11.5 Å². The Morgan fingerprint density at radius 1 is 1.00 bits per heavy atom. The van der Waals surface area contributed by atoms with Crippen molar-refractivity contribution in [2.45, 2.75) is 39.4 Å². The van der Waals surface area contributed by atoms with Crippen molar-refractivity contribution in [2.24, 2.45) is 0 Å². The number of nitrogens with one attached hydrogen (secondary N) is 1. The molecule has 0 aromatic heterocycles. The monoisotopic (exact) mass is 425 g/mol. The van der Waals surface area contributed by atoms with Gasteiger partial charge in [0.2, 0.25) is 5.91 Å². The van der Waals surface area contributed by atoms with Crippen molar-refractivity contribution >= 4 is 5.91 Å². The second-order valence-corrected chi connectivity index (χ2v) is 8.26. The van der Waals surface area contributed by atoms with Crippen molar-refractivity contribution in [3.05, 3.63) is 59.2 Å². The molecule has 6 nitrogen and oxygen atoms in total. The van der Waals surface area contributed by atoms with Gasteiger partial charge in [-0.15, -0.1) is 0 Å². The molecule has 2 aromatic carbocycles. The number of hydrogen-bond donors (Lipinski definition) is 1. The average molecular weight is 426 g/mol. The first-order valence-corrected chi connectivity index (χ1v) is 11.0. The molecule has 3 rings (SSSR count). The fraction of sp³-hybridized carbons (Fsp3) is 0.480. The fourth-order valence-corrected chi connectivity index (χ4v) is 4.07. The quantitative estimate of drug-likeness (QED) is 0.703. The summed E-state index contributed by atoms with van der Waals surface area (Å²) >= 11 is 0. The van der Waals surface area contributed by atoms with Crippen molar-refractivity contribution in [1.82, 2.24) is 15.1 Å². The third kappa shape index (κ3) is 5.77. The summed E-state index contributed by atoms with van der Waals surface area (Å²) < 4.78 is 10.9. The van der Waals surface area contributed by atoms with Gasteiger partial charge in [-0.05, 0) is 49.6 Å². The highest BCUT2D eigenvalue weighted by molar-refractivity contribution is 5.81. The van der Waals surface area contributed by atoms with Crippen LogP contribution in [0.15, 0.2) is 42.5 Å². The highest BCUT2D eigenvalue weighted by atomic mass is 16.5. The first kappa shape index (κ1) is 23.1. The molecule has 1 fully saturated rings. The van der Waals surface area contributed by atoms with Gasteiger partial charge in [-0.25, -0.2) is 0 Å². The number of ether oxygens (including phenoxy) is 2. The van der Waals surface area contributed by atoms with Crippen molar-refractivity contribution in [2.75, 3.05) is 40.4 Å². The maximum absolute atomic E-state index is 12.8. The van der Waals surface area contributed by atoms with Crippen molar-refractivity contribution in [1.29, 1.82) is 0 Å². The summed E-state index contributed by atoms with van der Waals surface area (Å²) in [5.74, 6) is 1.61. The molecule has 1 heterocycles. The topological polar surface area (TPSA) is 54.0 Å². The SMILES string of the molecule is COc1cc(C)c(CN2CCN([C@H](C)C(=O)N[C@H](C)c3ccccc3)CC2)cc1OC. The van der Waals surface area contributed by atoms with E-state index in [1.165, 1.54) is 11.1 Å². The summed E-state index contributed by atoms with van der Waals surface area (Å²) in [6, 6.07) is 14.0. The molecular formula is C25H35N3O3. The van der Waals surface area contributed by atoms with E-state index < -0.39 is 0 Å². The van der Waals surface area contributed by atoms with Gasteiger partial charge < -0.3 is 14.8 Å². The van der Waals surface area contributed by atoms with Crippen LogP contribution >= 0.6 is 0 Å².